The van der Waals surface area contributed by atoms with Gasteiger partial charge in [-0.2, -0.15) is 13.2 Å². The Bertz CT molecular complexity index is 1140. The zero-order valence-electron chi connectivity index (χ0n) is 22.5. The first-order valence-corrected chi connectivity index (χ1v) is 12.7. The van der Waals surface area contributed by atoms with Gasteiger partial charge >= 0.3 is 12.1 Å². The fourth-order valence-corrected chi connectivity index (χ4v) is 4.21. The number of benzene rings is 1. The number of nitrogens with one attached hydrogen (secondary N) is 3. The second-order valence-corrected chi connectivity index (χ2v) is 10.1. The van der Waals surface area contributed by atoms with E-state index in [9.17, 15) is 41.9 Å². The number of rotatable bonds is 11. The molecular formula is C26H33F3N4O7. The zero-order valence-corrected chi connectivity index (χ0v) is 22.5. The number of likely N-dealkylation sites (tertiary alicyclic amines) is 1. The van der Waals surface area contributed by atoms with Crippen molar-refractivity contribution in [2.75, 3.05) is 13.1 Å². The fraction of sp³-hybridized carbons (Fsp3) is 0.538. The molecule has 1 aromatic rings. The van der Waals surface area contributed by atoms with Gasteiger partial charge in [-0.1, -0.05) is 27.7 Å². The summed E-state index contributed by atoms with van der Waals surface area (Å²) >= 11 is 0. The smallest absolute Gasteiger partial charge is 0.452 e. The molecule has 0 aliphatic carbocycles. The Balaban J connectivity index is 2.14. The third-order valence-electron chi connectivity index (χ3n) is 6.39. The van der Waals surface area contributed by atoms with Crippen LogP contribution in [0.4, 0.5) is 13.2 Å². The summed E-state index contributed by atoms with van der Waals surface area (Å²) in [7, 11) is 0. The van der Waals surface area contributed by atoms with Crippen LogP contribution < -0.4 is 16.0 Å². The van der Waals surface area contributed by atoms with Crippen molar-refractivity contribution in [1.82, 2.24) is 20.9 Å². The Morgan fingerprint density at radius 2 is 1.43 bits per heavy atom. The Morgan fingerprint density at radius 1 is 0.900 bits per heavy atom. The van der Waals surface area contributed by atoms with E-state index in [1.165, 1.54) is 43.0 Å². The van der Waals surface area contributed by atoms with Gasteiger partial charge in [0, 0.05) is 17.7 Å². The lowest BCUT2D eigenvalue weighted by Crippen LogP contribution is -2.58. The van der Waals surface area contributed by atoms with Gasteiger partial charge in [-0.15, -0.1) is 0 Å². The number of hydrogen-bond acceptors (Lipinski definition) is 6. The van der Waals surface area contributed by atoms with E-state index in [-0.39, 0.29) is 24.1 Å². The summed E-state index contributed by atoms with van der Waals surface area (Å²) in [5.41, 5.74) is 0.221. The van der Waals surface area contributed by atoms with E-state index in [1.807, 2.05) is 0 Å². The predicted molar refractivity (Wildman–Crippen MR) is 135 cm³/mol. The minimum atomic E-state index is -5.14. The molecule has 0 aromatic heterocycles. The average Bonchev–Trinajstić information content (AvgIpc) is 3.37. The third kappa shape index (κ3) is 8.26. The van der Waals surface area contributed by atoms with Gasteiger partial charge in [0.05, 0.1) is 6.04 Å². The van der Waals surface area contributed by atoms with Crippen molar-refractivity contribution in [2.45, 2.75) is 64.8 Å². The van der Waals surface area contributed by atoms with E-state index in [2.05, 4.69) is 16.0 Å². The first-order valence-electron chi connectivity index (χ1n) is 12.7. The molecule has 11 nitrogen and oxygen atoms in total. The van der Waals surface area contributed by atoms with Crippen LogP contribution in [0.25, 0.3) is 0 Å². The van der Waals surface area contributed by atoms with Crippen molar-refractivity contribution in [1.29, 1.82) is 0 Å². The van der Waals surface area contributed by atoms with Crippen molar-refractivity contribution >= 4 is 35.4 Å². The van der Waals surface area contributed by atoms with Crippen LogP contribution in [0.15, 0.2) is 24.3 Å². The van der Waals surface area contributed by atoms with Crippen molar-refractivity contribution in [3.8, 4) is 0 Å². The van der Waals surface area contributed by atoms with Crippen molar-refractivity contribution in [3.05, 3.63) is 35.4 Å². The van der Waals surface area contributed by atoms with E-state index in [0.717, 1.165) is 0 Å². The highest BCUT2D eigenvalue weighted by Crippen LogP contribution is 2.24. The Kier molecular flexibility index (Phi) is 10.8. The number of carbonyl (C=O) groups is 6. The largest absolute Gasteiger partial charge is 0.480 e. The van der Waals surface area contributed by atoms with Gasteiger partial charge in [0.15, 0.2) is 0 Å². The number of Topliss-reactive ketones (excluding diaryl/α,β-unsaturated/α-hetero) is 1. The van der Waals surface area contributed by atoms with Crippen molar-refractivity contribution in [2.24, 2.45) is 11.8 Å². The first kappa shape index (κ1) is 32.2. The SMILES string of the molecule is CC(C)[C@H](NC(=O)c1ccc(C(=O)NCC(=O)O)cc1)C(=O)N1CCC[C@H]1C(=O)N[C@H](C(=O)C(F)(F)F)C(C)C. The number of carboxylic acids is 1. The highest BCUT2D eigenvalue weighted by molar-refractivity contribution is 6.01. The van der Waals surface area contributed by atoms with Crippen LogP contribution in [-0.4, -0.2) is 82.8 Å². The van der Waals surface area contributed by atoms with Gasteiger partial charge in [0.1, 0.15) is 18.6 Å². The Labute approximate surface area is 228 Å². The highest BCUT2D eigenvalue weighted by Gasteiger charge is 2.46. The molecule has 1 fully saturated rings. The molecule has 1 aliphatic rings. The number of carbonyl (C=O) groups excluding carboxylic acids is 5. The van der Waals surface area contributed by atoms with Gasteiger partial charge < -0.3 is 26.0 Å². The van der Waals surface area contributed by atoms with E-state index in [1.54, 1.807) is 13.8 Å². The maximum absolute atomic E-state index is 13.4. The molecule has 1 heterocycles. The van der Waals surface area contributed by atoms with E-state index in [0.29, 0.717) is 6.42 Å². The summed E-state index contributed by atoms with van der Waals surface area (Å²) < 4.78 is 39.1. The molecule has 1 saturated heterocycles. The minimum absolute atomic E-state index is 0.106. The number of ketones is 1. The van der Waals surface area contributed by atoms with Crippen molar-refractivity contribution in [3.63, 3.8) is 0 Å². The second kappa shape index (κ2) is 13.4. The molecule has 0 unspecified atom stereocenters. The number of amides is 4. The van der Waals surface area contributed by atoms with Crippen LogP contribution >= 0.6 is 0 Å². The molecule has 40 heavy (non-hydrogen) atoms. The molecule has 14 heteroatoms. The van der Waals surface area contributed by atoms with Gasteiger partial charge in [-0.3, -0.25) is 28.8 Å². The quantitative estimate of drug-likeness (QED) is 0.314. The number of carboxylic acid groups (broad SMARTS) is 1. The first-order chi connectivity index (χ1) is 18.5. The molecule has 0 spiro atoms. The molecule has 0 bridgehead atoms. The van der Waals surface area contributed by atoms with Gasteiger partial charge in [0.25, 0.3) is 17.6 Å². The maximum atomic E-state index is 13.4. The van der Waals surface area contributed by atoms with Crippen LogP contribution in [0.1, 0.15) is 61.3 Å². The third-order valence-corrected chi connectivity index (χ3v) is 6.39. The summed E-state index contributed by atoms with van der Waals surface area (Å²) in [5.74, 6) is -7.37. The summed E-state index contributed by atoms with van der Waals surface area (Å²) in [6, 6.07) is 1.26. The molecule has 220 valence electrons. The molecule has 0 saturated carbocycles. The van der Waals surface area contributed by atoms with Crippen LogP contribution in [-0.2, 0) is 19.2 Å². The average molecular weight is 571 g/mol. The molecule has 1 aliphatic heterocycles. The van der Waals surface area contributed by atoms with E-state index < -0.39 is 78.1 Å². The van der Waals surface area contributed by atoms with E-state index in [4.69, 9.17) is 5.11 Å². The number of nitrogens with zero attached hydrogens (tertiary/aromatic N) is 1. The predicted octanol–water partition coefficient (Wildman–Crippen LogP) is 1.52. The molecule has 2 rings (SSSR count). The lowest BCUT2D eigenvalue weighted by Gasteiger charge is -2.32. The standard InChI is InChI=1S/C26H33F3N4O7/c1-13(2)19(21(36)26(27,28)29)31-24(39)17-6-5-11-33(17)25(40)20(14(3)4)32-23(38)16-9-7-15(8-10-16)22(37)30-12-18(34)35/h7-10,13-14,17,19-20H,5-6,11-12H2,1-4H3,(H,30,37)(H,31,39)(H,32,38)(H,34,35)/t17-,19-,20-/m0/s1. The number of hydrogen-bond donors (Lipinski definition) is 4. The fourth-order valence-electron chi connectivity index (χ4n) is 4.21. The van der Waals surface area contributed by atoms with Crippen LogP contribution in [0.3, 0.4) is 0 Å². The molecule has 3 atom stereocenters. The lowest BCUT2D eigenvalue weighted by molar-refractivity contribution is -0.175. The summed E-state index contributed by atoms with van der Waals surface area (Å²) in [6.07, 6.45) is -4.57. The molecule has 4 amide bonds. The van der Waals surface area contributed by atoms with Gasteiger partial charge in [0.2, 0.25) is 11.8 Å². The molecule has 0 radical (unpaired) electrons. The van der Waals surface area contributed by atoms with Crippen LogP contribution in [0, 0.1) is 11.8 Å². The highest BCUT2D eigenvalue weighted by atomic mass is 19.4. The summed E-state index contributed by atoms with van der Waals surface area (Å²) in [4.78, 5) is 74.9. The molecular weight excluding hydrogens is 537 g/mol. The Hall–Kier alpha value is -3.97. The van der Waals surface area contributed by atoms with Gasteiger partial charge in [-0.05, 0) is 48.9 Å². The van der Waals surface area contributed by atoms with E-state index >= 15 is 0 Å². The van der Waals surface area contributed by atoms with Crippen LogP contribution in [0.2, 0.25) is 0 Å². The monoisotopic (exact) mass is 570 g/mol. The molecule has 4 N–H and O–H groups in total. The number of halogens is 3. The lowest BCUT2D eigenvalue weighted by atomic mass is 9.98. The number of aliphatic carboxylic acids is 1. The minimum Gasteiger partial charge on any atom is -0.480 e. The number of alkyl halides is 3. The van der Waals surface area contributed by atoms with Crippen LogP contribution in [0.5, 0.6) is 0 Å². The maximum Gasteiger partial charge on any atom is 0.452 e. The Morgan fingerprint density at radius 3 is 1.90 bits per heavy atom. The summed E-state index contributed by atoms with van der Waals surface area (Å²) in [6.45, 7) is 5.62. The molecule has 1 aromatic carbocycles. The topological polar surface area (TPSA) is 162 Å². The summed E-state index contributed by atoms with van der Waals surface area (Å²) in [5, 5.41) is 15.6. The van der Waals surface area contributed by atoms with Gasteiger partial charge in [-0.25, -0.2) is 0 Å². The normalized spacial score (nSPS) is 16.8. The van der Waals surface area contributed by atoms with Crippen molar-refractivity contribution < 1.29 is 47.0 Å². The zero-order chi connectivity index (χ0) is 30.4. The second-order valence-electron chi connectivity index (χ2n) is 10.1.